The smallest absolute Gasteiger partial charge is 0.229 e. The van der Waals surface area contributed by atoms with Gasteiger partial charge in [0.15, 0.2) is 5.13 Å². The molecule has 1 aliphatic carbocycles. The van der Waals surface area contributed by atoms with Gasteiger partial charge < -0.3 is 5.32 Å². The van der Waals surface area contributed by atoms with Gasteiger partial charge in [0.2, 0.25) is 5.91 Å². The van der Waals surface area contributed by atoms with Crippen molar-refractivity contribution in [2.24, 2.45) is 5.92 Å². The first-order valence-corrected chi connectivity index (χ1v) is 8.90. The Morgan fingerprint density at radius 2 is 2.00 bits per heavy atom. The highest BCUT2D eigenvalue weighted by Crippen LogP contribution is 2.50. The van der Waals surface area contributed by atoms with Crippen LogP contribution in [0.15, 0.2) is 54.0 Å². The van der Waals surface area contributed by atoms with Crippen LogP contribution in [0.1, 0.15) is 17.9 Å². The van der Waals surface area contributed by atoms with Gasteiger partial charge in [0, 0.05) is 22.5 Å². The Bertz CT molecular complexity index is 881. The molecule has 2 atom stereocenters. The van der Waals surface area contributed by atoms with E-state index in [2.05, 4.69) is 15.3 Å². The molecule has 2 aromatic heterocycles. The number of pyridine rings is 1. The number of thiazole rings is 1. The summed E-state index contributed by atoms with van der Waals surface area (Å²) in [6, 6.07) is 13.4. The van der Waals surface area contributed by atoms with Crippen LogP contribution in [-0.2, 0) is 4.79 Å². The lowest BCUT2D eigenvalue weighted by Crippen LogP contribution is -2.14. The molecule has 0 bridgehead atoms. The summed E-state index contributed by atoms with van der Waals surface area (Å²) >= 11 is 7.62. The van der Waals surface area contributed by atoms with Gasteiger partial charge in [-0.05, 0) is 36.1 Å². The molecule has 24 heavy (non-hydrogen) atoms. The van der Waals surface area contributed by atoms with E-state index in [-0.39, 0.29) is 17.7 Å². The topological polar surface area (TPSA) is 54.9 Å². The Balaban J connectivity index is 1.43. The number of nitrogens with one attached hydrogen (secondary N) is 1. The number of carbonyl (C=O) groups is 1. The highest BCUT2D eigenvalue weighted by molar-refractivity contribution is 7.14. The number of carbonyl (C=O) groups excluding carboxylic acids is 1. The first-order valence-electron chi connectivity index (χ1n) is 7.64. The number of anilines is 1. The quantitative estimate of drug-likeness (QED) is 0.744. The van der Waals surface area contributed by atoms with E-state index in [1.807, 2.05) is 47.8 Å². The van der Waals surface area contributed by atoms with E-state index in [9.17, 15) is 4.79 Å². The molecule has 0 aliphatic heterocycles. The average molecular weight is 356 g/mol. The summed E-state index contributed by atoms with van der Waals surface area (Å²) < 4.78 is 0. The van der Waals surface area contributed by atoms with Crippen molar-refractivity contribution in [1.82, 2.24) is 9.97 Å². The van der Waals surface area contributed by atoms with Crippen LogP contribution in [0.4, 0.5) is 5.13 Å². The molecule has 0 radical (unpaired) electrons. The molecule has 0 unspecified atom stereocenters. The maximum Gasteiger partial charge on any atom is 0.229 e. The normalized spacial score (nSPS) is 19.0. The summed E-state index contributed by atoms with van der Waals surface area (Å²) in [6.45, 7) is 0. The number of rotatable bonds is 4. The van der Waals surface area contributed by atoms with Gasteiger partial charge in [-0.3, -0.25) is 9.78 Å². The average Bonchev–Trinajstić information content (AvgIpc) is 3.27. The predicted octanol–water partition coefficient (Wildman–Crippen LogP) is 4.60. The molecular formula is C18H14ClN3OS. The minimum atomic E-state index is -0.0351. The van der Waals surface area contributed by atoms with Crippen molar-refractivity contribution in [2.75, 3.05) is 5.32 Å². The zero-order valence-electron chi connectivity index (χ0n) is 12.6. The lowest BCUT2D eigenvalue weighted by Gasteiger charge is -2.03. The van der Waals surface area contributed by atoms with Crippen LogP contribution in [0.25, 0.3) is 11.4 Å². The van der Waals surface area contributed by atoms with E-state index in [4.69, 9.17) is 11.6 Å². The number of amides is 1. The predicted molar refractivity (Wildman–Crippen MR) is 96.3 cm³/mol. The van der Waals surface area contributed by atoms with Crippen LogP contribution in [0.3, 0.4) is 0 Å². The van der Waals surface area contributed by atoms with Gasteiger partial charge in [-0.25, -0.2) is 4.98 Å². The lowest BCUT2D eigenvalue weighted by atomic mass is 10.1. The van der Waals surface area contributed by atoms with Gasteiger partial charge in [0.05, 0.1) is 5.69 Å². The standard InChI is InChI=1S/C18H14ClN3OS/c19-14-6-2-1-5-11(14)12-9-13(12)17(23)22-18-21-16(10-24-18)15-7-3-4-8-20-15/h1-8,10,12-13H,9H2,(H,21,22,23)/t12-,13-/m0/s1. The second-order valence-corrected chi connectivity index (χ2v) is 6.98. The second kappa shape index (κ2) is 6.34. The van der Waals surface area contributed by atoms with Gasteiger partial charge in [-0.2, -0.15) is 0 Å². The van der Waals surface area contributed by atoms with Crippen molar-refractivity contribution in [3.8, 4) is 11.4 Å². The van der Waals surface area contributed by atoms with Crippen molar-refractivity contribution in [3.05, 3.63) is 64.6 Å². The first kappa shape index (κ1) is 15.3. The molecule has 1 fully saturated rings. The third-order valence-corrected chi connectivity index (χ3v) is 5.20. The zero-order chi connectivity index (χ0) is 16.5. The Kier molecular flexibility index (Phi) is 4.04. The molecule has 1 amide bonds. The minimum Gasteiger partial charge on any atom is -0.302 e. The molecule has 4 rings (SSSR count). The number of aromatic nitrogens is 2. The Hall–Kier alpha value is -2.24. The van der Waals surface area contributed by atoms with E-state index < -0.39 is 0 Å². The zero-order valence-corrected chi connectivity index (χ0v) is 14.2. The molecule has 0 saturated heterocycles. The highest BCUT2D eigenvalue weighted by atomic mass is 35.5. The van der Waals surface area contributed by atoms with Crippen LogP contribution in [0.2, 0.25) is 5.02 Å². The molecular weight excluding hydrogens is 342 g/mol. The molecule has 4 nitrogen and oxygen atoms in total. The number of nitrogens with zero attached hydrogens (tertiary/aromatic N) is 2. The molecule has 2 heterocycles. The molecule has 1 N–H and O–H groups in total. The Morgan fingerprint density at radius 3 is 2.79 bits per heavy atom. The largest absolute Gasteiger partial charge is 0.302 e. The summed E-state index contributed by atoms with van der Waals surface area (Å²) in [4.78, 5) is 21.1. The molecule has 1 saturated carbocycles. The molecule has 0 spiro atoms. The number of hydrogen-bond donors (Lipinski definition) is 1. The number of halogens is 1. The summed E-state index contributed by atoms with van der Waals surface area (Å²) in [6.07, 6.45) is 2.55. The molecule has 1 aromatic carbocycles. The summed E-state index contributed by atoms with van der Waals surface area (Å²) in [5.41, 5.74) is 2.62. The lowest BCUT2D eigenvalue weighted by molar-refractivity contribution is -0.117. The van der Waals surface area contributed by atoms with Gasteiger partial charge in [0.1, 0.15) is 5.69 Å². The summed E-state index contributed by atoms with van der Waals surface area (Å²) in [5, 5.41) is 6.14. The van der Waals surface area contributed by atoms with Crippen LogP contribution in [0.5, 0.6) is 0 Å². The van der Waals surface area contributed by atoms with E-state index in [1.54, 1.807) is 6.20 Å². The van der Waals surface area contributed by atoms with Crippen molar-refractivity contribution < 1.29 is 4.79 Å². The van der Waals surface area contributed by atoms with Gasteiger partial charge in [0.25, 0.3) is 0 Å². The van der Waals surface area contributed by atoms with Crippen molar-refractivity contribution >= 4 is 34.0 Å². The summed E-state index contributed by atoms with van der Waals surface area (Å²) in [7, 11) is 0. The van der Waals surface area contributed by atoms with Crippen LogP contribution < -0.4 is 5.32 Å². The minimum absolute atomic E-state index is 0.00170. The number of benzene rings is 1. The molecule has 120 valence electrons. The van der Waals surface area contributed by atoms with Crippen LogP contribution in [0, 0.1) is 5.92 Å². The molecule has 3 aromatic rings. The van der Waals surface area contributed by atoms with E-state index in [1.165, 1.54) is 11.3 Å². The van der Waals surface area contributed by atoms with Crippen LogP contribution in [-0.4, -0.2) is 15.9 Å². The van der Waals surface area contributed by atoms with Crippen LogP contribution >= 0.6 is 22.9 Å². The molecule has 1 aliphatic rings. The molecule has 6 heteroatoms. The highest BCUT2D eigenvalue weighted by Gasteiger charge is 2.45. The van der Waals surface area contributed by atoms with E-state index in [0.717, 1.165) is 28.4 Å². The monoisotopic (exact) mass is 355 g/mol. The van der Waals surface area contributed by atoms with Crippen molar-refractivity contribution in [2.45, 2.75) is 12.3 Å². The summed E-state index contributed by atoms with van der Waals surface area (Å²) in [5.74, 6) is 0.169. The second-order valence-electron chi connectivity index (χ2n) is 5.71. The van der Waals surface area contributed by atoms with Gasteiger partial charge in [-0.1, -0.05) is 35.9 Å². The maximum absolute atomic E-state index is 12.4. The van der Waals surface area contributed by atoms with Gasteiger partial charge in [-0.15, -0.1) is 11.3 Å². The first-order chi connectivity index (χ1) is 11.7. The van der Waals surface area contributed by atoms with Crippen molar-refractivity contribution in [3.63, 3.8) is 0 Å². The van der Waals surface area contributed by atoms with E-state index >= 15 is 0 Å². The van der Waals surface area contributed by atoms with E-state index in [0.29, 0.717) is 5.13 Å². The van der Waals surface area contributed by atoms with Crippen molar-refractivity contribution in [1.29, 1.82) is 0 Å². The fourth-order valence-electron chi connectivity index (χ4n) is 2.77. The number of hydrogen-bond acceptors (Lipinski definition) is 4. The fraction of sp³-hybridized carbons (Fsp3) is 0.167. The fourth-order valence-corrected chi connectivity index (χ4v) is 3.75. The Morgan fingerprint density at radius 1 is 1.17 bits per heavy atom. The third-order valence-electron chi connectivity index (χ3n) is 4.09. The maximum atomic E-state index is 12.4. The Labute approximate surface area is 148 Å². The SMILES string of the molecule is O=C(Nc1nc(-c2ccccn2)cs1)[C@H]1C[C@H]1c1ccccc1Cl. The third kappa shape index (κ3) is 3.05. The van der Waals surface area contributed by atoms with Gasteiger partial charge >= 0.3 is 0 Å².